The van der Waals surface area contributed by atoms with E-state index in [0.717, 1.165) is 48.5 Å². The summed E-state index contributed by atoms with van der Waals surface area (Å²) in [6.07, 6.45) is 0. The number of nitrogens with zero attached hydrogens (tertiary/aromatic N) is 1. The number of halogens is 1. The molecule has 1 aromatic carbocycles. The van der Waals surface area contributed by atoms with Gasteiger partial charge in [-0.15, -0.1) is 0 Å². The second-order valence-corrected chi connectivity index (χ2v) is 5.47. The highest BCUT2D eigenvalue weighted by Crippen LogP contribution is 2.13. The van der Waals surface area contributed by atoms with E-state index in [4.69, 9.17) is 28.9 Å². The Balaban J connectivity index is 1.83. The summed E-state index contributed by atoms with van der Waals surface area (Å²) in [5.74, 6) is 0. The normalized spacial score (nSPS) is 16.4. The molecule has 1 aliphatic heterocycles. The highest BCUT2D eigenvalue weighted by atomic mass is 35.5. The van der Waals surface area contributed by atoms with Gasteiger partial charge >= 0.3 is 0 Å². The lowest BCUT2D eigenvalue weighted by Crippen LogP contribution is -3.15. The Bertz CT molecular complexity index is 418. The number of aliphatic hydroxyl groups is 1. The van der Waals surface area contributed by atoms with Crippen LogP contribution >= 0.6 is 23.8 Å². The van der Waals surface area contributed by atoms with Crippen molar-refractivity contribution in [2.45, 2.75) is 0 Å². The fourth-order valence-corrected chi connectivity index (χ4v) is 2.60. The summed E-state index contributed by atoms with van der Waals surface area (Å²) in [7, 11) is 0. The predicted octanol–water partition coefficient (Wildman–Crippen LogP) is 0.230. The molecule has 0 amide bonds. The zero-order chi connectivity index (χ0) is 13.7. The summed E-state index contributed by atoms with van der Waals surface area (Å²) in [6, 6.07) is 7.52. The highest BCUT2D eigenvalue weighted by molar-refractivity contribution is 7.80. The summed E-state index contributed by atoms with van der Waals surface area (Å²) in [6.45, 7) is 4.96. The maximum atomic E-state index is 8.93. The van der Waals surface area contributed by atoms with Crippen LogP contribution in [0.5, 0.6) is 0 Å². The third kappa shape index (κ3) is 4.31. The zero-order valence-corrected chi connectivity index (χ0v) is 12.3. The maximum Gasteiger partial charge on any atom is 0.173 e. The first-order chi connectivity index (χ1) is 9.19. The zero-order valence-electron chi connectivity index (χ0n) is 10.7. The molecule has 0 saturated carbocycles. The van der Waals surface area contributed by atoms with Gasteiger partial charge in [-0.2, -0.15) is 0 Å². The second-order valence-electron chi connectivity index (χ2n) is 4.65. The van der Waals surface area contributed by atoms with Crippen LogP contribution in [0.2, 0.25) is 5.02 Å². The van der Waals surface area contributed by atoms with Crippen molar-refractivity contribution in [2.24, 2.45) is 0 Å². The van der Waals surface area contributed by atoms with Gasteiger partial charge in [0.25, 0.3) is 0 Å². The van der Waals surface area contributed by atoms with Gasteiger partial charge in [0.15, 0.2) is 5.11 Å². The van der Waals surface area contributed by atoms with Gasteiger partial charge in [-0.1, -0.05) is 11.6 Å². The van der Waals surface area contributed by atoms with Crippen molar-refractivity contribution < 1.29 is 10.0 Å². The lowest BCUT2D eigenvalue weighted by molar-refractivity contribution is -0.904. The summed E-state index contributed by atoms with van der Waals surface area (Å²) in [4.78, 5) is 3.61. The van der Waals surface area contributed by atoms with Gasteiger partial charge in [-0.05, 0) is 36.5 Å². The van der Waals surface area contributed by atoms with Crippen molar-refractivity contribution in [1.82, 2.24) is 4.90 Å². The molecule has 0 atom stereocenters. The van der Waals surface area contributed by atoms with Crippen LogP contribution in [0, 0.1) is 0 Å². The van der Waals surface area contributed by atoms with Crippen molar-refractivity contribution in [1.29, 1.82) is 0 Å². The van der Waals surface area contributed by atoms with Gasteiger partial charge in [-0.25, -0.2) is 0 Å². The number of nitrogens with one attached hydrogen (secondary N) is 2. The van der Waals surface area contributed by atoms with E-state index in [1.807, 2.05) is 24.3 Å². The van der Waals surface area contributed by atoms with Crippen LogP contribution in [0.4, 0.5) is 5.69 Å². The van der Waals surface area contributed by atoms with E-state index in [1.165, 1.54) is 4.90 Å². The lowest BCUT2D eigenvalue weighted by atomic mass is 10.3. The van der Waals surface area contributed by atoms with E-state index in [9.17, 15) is 0 Å². The summed E-state index contributed by atoms with van der Waals surface area (Å²) < 4.78 is 0. The summed E-state index contributed by atoms with van der Waals surface area (Å²) in [5, 5.41) is 13.6. The molecule has 6 heteroatoms. The number of rotatable bonds is 3. The number of aliphatic hydroxyl groups excluding tert-OH is 1. The minimum atomic E-state index is 0.253. The number of hydrogen-bond acceptors (Lipinski definition) is 2. The number of benzene rings is 1. The van der Waals surface area contributed by atoms with Crippen LogP contribution < -0.4 is 10.2 Å². The van der Waals surface area contributed by atoms with E-state index in [1.54, 1.807) is 0 Å². The van der Waals surface area contributed by atoms with Crippen LogP contribution in [0.1, 0.15) is 0 Å². The fourth-order valence-electron chi connectivity index (χ4n) is 2.17. The Kier molecular flexibility index (Phi) is 5.39. The van der Waals surface area contributed by atoms with Gasteiger partial charge in [0.05, 0.1) is 32.8 Å². The predicted molar refractivity (Wildman–Crippen MR) is 81.9 cm³/mol. The number of thiocarbonyl (C=S) groups is 1. The topological polar surface area (TPSA) is 39.9 Å². The molecule has 1 aliphatic rings. The molecule has 1 saturated heterocycles. The molecule has 1 aromatic rings. The first kappa shape index (κ1) is 14.5. The minimum Gasteiger partial charge on any atom is -0.391 e. The van der Waals surface area contributed by atoms with Gasteiger partial charge in [0.1, 0.15) is 6.54 Å². The molecule has 0 radical (unpaired) electrons. The third-order valence-electron chi connectivity index (χ3n) is 3.32. The molecule has 0 unspecified atom stereocenters. The minimum absolute atomic E-state index is 0.253. The third-order valence-corrected chi connectivity index (χ3v) is 3.93. The Labute approximate surface area is 124 Å². The van der Waals surface area contributed by atoms with Crippen LogP contribution in [0.15, 0.2) is 24.3 Å². The first-order valence-electron chi connectivity index (χ1n) is 6.45. The lowest BCUT2D eigenvalue weighted by Gasteiger charge is -2.33. The number of hydrogen-bond donors (Lipinski definition) is 3. The van der Waals surface area contributed by atoms with Crippen molar-refractivity contribution in [2.75, 3.05) is 44.6 Å². The van der Waals surface area contributed by atoms with Gasteiger partial charge in [0, 0.05) is 10.7 Å². The van der Waals surface area contributed by atoms with E-state index >= 15 is 0 Å². The van der Waals surface area contributed by atoms with Crippen molar-refractivity contribution >= 4 is 34.6 Å². The second kappa shape index (κ2) is 7.05. The molecule has 104 valence electrons. The molecular formula is C13H19ClN3OS+. The fraction of sp³-hybridized carbons (Fsp3) is 0.462. The van der Waals surface area contributed by atoms with E-state index < -0.39 is 0 Å². The molecule has 0 spiro atoms. The summed E-state index contributed by atoms with van der Waals surface area (Å²) >= 11 is 11.3. The highest BCUT2D eigenvalue weighted by Gasteiger charge is 2.21. The van der Waals surface area contributed by atoms with Crippen molar-refractivity contribution in [3.05, 3.63) is 29.3 Å². The Hall–Kier alpha value is -0.880. The molecule has 0 aliphatic carbocycles. The Morgan fingerprint density at radius 1 is 1.32 bits per heavy atom. The maximum absolute atomic E-state index is 8.93. The van der Waals surface area contributed by atoms with Crippen LogP contribution in [0.25, 0.3) is 0 Å². The molecule has 3 N–H and O–H groups in total. The van der Waals surface area contributed by atoms with E-state index in [0.29, 0.717) is 0 Å². The van der Waals surface area contributed by atoms with E-state index in [2.05, 4.69) is 10.2 Å². The Morgan fingerprint density at radius 3 is 2.53 bits per heavy atom. The van der Waals surface area contributed by atoms with Gasteiger partial charge < -0.3 is 20.2 Å². The molecule has 2 rings (SSSR count). The molecule has 1 fully saturated rings. The molecule has 0 bridgehead atoms. The molecule has 0 aromatic heterocycles. The van der Waals surface area contributed by atoms with Crippen LogP contribution in [-0.2, 0) is 0 Å². The molecule has 4 nitrogen and oxygen atoms in total. The number of anilines is 1. The monoisotopic (exact) mass is 300 g/mol. The average Bonchev–Trinajstić information content (AvgIpc) is 2.42. The molecule has 19 heavy (non-hydrogen) atoms. The SMILES string of the molecule is OCC[NH+]1CCN(C(=S)Nc2ccc(Cl)cc2)CC1. The quantitative estimate of drug-likeness (QED) is 0.699. The van der Waals surface area contributed by atoms with Crippen LogP contribution in [-0.4, -0.2) is 54.4 Å². The standard InChI is InChI=1S/C13H18ClN3OS/c14-11-1-3-12(4-2-11)15-13(19)17-7-5-16(6-8-17)9-10-18/h1-4,18H,5-10H2,(H,15,19)/p+1. The first-order valence-corrected chi connectivity index (χ1v) is 7.23. The molecule has 1 heterocycles. The van der Waals surface area contributed by atoms with Crippen molar-refractivity contribution in [3.63, 3.8) is 0 Å². The molecular weight excluding hydrogens is 282 g/mol. The van der Waals surface area contributed by atoms with E-state index in [-0.39, 0.29) is 6.61 Å². The van der Waals surface area contributed by atoms with Crippen molar-refractivity contribution in [3.8, 4) is 0 Å². The van der Waals surface area contributed by atoms with Gasteiger partial charge in [-0.3, -0.25) is 0 Å². The summed E-state index contributed by atoms with van der Waals surface area (Å²) in [5.41, 5.74) is 0.958. The van der Waals surface area contributed by atoms with Crippen LogP contribution in [0.3, 0.4) is 0 Å². The Morgan fingerprint density at radius 2 is 1.95 bits per heavy atom. The largest absolute Gasteiger partial charge is 0.391 e. The van der Waals surface area contributed by atoms with Gasteiger partial charge in [0.2, 0.25) is 0 Å². The average molecular weight is 301 g/mol. The smallest absolute Gasteiger partial charge is 0.173 e. The number of piperazine rings is 1. The number of quaternary nitrogens is 1.